The average molecular weight is 263 g/mol. The first-order valence-corrected chi connectivity index (χ1v) is 7.01. The molecule has 0 spiro atoms. The van der Waals surface area contributed by atoms with E-state index in [4.69, 9.17) is 0 Å². The molecule has 2 aromatic heterocycles. The Morgan fingerprint density at radius 1 is 1.44 bits per heavy atom. The lowest BCUT2D eigenvalue weighted by atomic mass is 10.2. The van der Waals surface area contributed by atoms with E-state index in [1.165, 1.54) is 4.88 Å². The Kier molecular flexibility index (Phi) is 3.05. The summed E-state index contributed by atoms with van der Waals surface area (Å²) < 4.78 is 0. The van der Waals surface area contributed by atoms with Crippen LogP contribution in [0.3, 0.4) is 0 Å². The lowest BCUT2D eigenvalue weighted by Crippen LogP contribution is -2.49. The highest BCUT2D eigenvalue weighted by atomic mass is 32.1. The van der Waals surface area contributed by atoms with Gasteiger partial charge in [-0.3, -0.25) is 5.10 Å². The van der Waals surface area contributed by atoms with Crippen LogP contribution in [0.5, 0.6) is 0 Å². The molecule has 0 aliphatic carbocycles. The molecule has 0 amide bonds. The zero-order valence-corrected chi connectivity index (χ0v) is 11.4. The highest BCUT2D eigenvalue weighted by molar-refractivity contribution is 7.15. The monoisotopic (exact) mass is 263 g/mol. The molecule has 3 rings (SSSR count). The number of piperazine rings is 1. The van der Waals surface area contributed by atoms with Crippen molar-refractivity contribution in [1.29, 1.82) is 0 Å². The van der Waals surface area contributed by atoms with E-state index in [1.807, 2.05) is 0 Å². The van der Waals surface area contributed by atoms with E-state index in [0.29, 0.717) is 6.04 Å². The molecule has 1 saturated heterocycles. The molecule has 0 unspecified atom stereocenters. The molecule has 1 atom stereocenters. The second kappa shape index (κ2) is 4.70. The lowest BCUT2D eigenvalue weighted by molar-refractivity contribution is 0.480. The van der Waals surface area contributed by atoms with Crippen molar-refractivity contribution in [1.82, 2.24) is 20.5 Å². The molecule has 5 nitrogen and oxygen atoms in total. The van der Waals surface area contributed by atoms with Gasteiger partial charge in [0.2, 0.25) is 5.95 Å². The van der Waals surface area contributed by atoms with E-state index in [0.717, 1.165) is 36.3 Å². The summed E-state index contributed by atoms with van der Waals surface area (Å²) in [5.41, 5.74) is 0. The summed E-state index contributed by atoms with van der Waals surface area (Å²) in [6.45, 7) is 7.20. The summed E-state index contributed by atoms with van der Waals surface area (Å²) in [4.78, 5) is 9.26. The molecule has 0 radical (unpaired) electrons. The molecule has 6 heteroatoms. The maximum absolute atomic E-state index is 4.59. The third-order valence-electron chi connectivity index (χ3n) is 3.10. The Morgan fingerprint density at radius 2 is 2.33 bits per heavy atom. The zero-order valence-electron chi connectivity index (χ0n) is 10.6. The van der Waals surface area contributed by atoms with Gasteiger partial charge < -0.3 is 10.2 Å². The Morgan fingerprint density at radius 3 is 3.06 bits per heavy atom. The van der Waals surface area contributed by atoms with Gasteiger partial charge in [-0.25, -0.2) is 0 Å². The summed E-state index contributed by atoms with van der Waals surface area (Å²) in [6.07, 6.45) is 0. The molecule has 96 valence electrons. The van der Waals surface area contributed by atoms with Gasteiger partial charge in [0.25, 0.3) is 0 Å². The number of aryl methyl sites for hydroxylation is 1. The van der Waals surface area contributed by atoms with Crippen LogP contribution in [0.25, 0.3) is 10.7 Å². The summed E-state index contributed by atoms with van der Waals surface area (Å²) in [5.74, 6) is 1.68. The van der Waals surface area contributed by atoms with Gasteiger partial charge in [-0.05, 0) is 26.0 Å². The third kappa shape index (κ3) is 2.26. The topological polar surface area (TPSA) is 56.8 Å². The predicted octanol–water partition coefficient (Wildman–Crippen LogP) is 1.64. The number of nitrogens with zero attached hydrogens (tertiary/aromatic N) is 3. The Labute approximate surface area is 110 Å². The third-order valence-corrected chi connectivity index (χ3v) is 4.11. The van der Waals surface area contributed by atoms with Crippen molar-refractivity contribution < 1.29 is 0 Å². The summed E-state index contributed by atoms with van der Waals surface area (Å²) in [6, 6.07) is 4.68. The molecule has 3 heterocycles. The first-order chi connectivity index (χ1) is 8.72. The molecule has 1 aliphatic rings. The second-order valence-corrected chi connectivity index (χ2v) is 5.98. The van der Waals surface area contributed by atoms with Crippen LogP contribution in [0, 0.1) is 6.92 Å². The van der Waals surface area contributed by atoms with E-state index < -0.39 is 0 Å². The van der Waals surface area contributed by atoms with Crippen LogP contribution < -0.4 is 10.2 Å². The van der Waals surface area contributed by atoms with Crippen LogP contribution in [-0.2, 0) is 0 Å². The van der Waals surface area contributed by atoms with E-state index in [-0.39, 0.29) is 0 Å². The molecular formula is C12H17N5S. The number of aromatic amines is 1. The van der Waals surface area contributed by atoms with Crippen LogP contribution in [0.2, 0.25) is 0 Å². The first-order valence-electron chi connectivity index (χ1n) is 6.20. The van der Waals surface area contributed by atoms with Crippen molar-refractivity contribution in [3.63, 3.8) is 0 Å². The number of thiophene rings is 1. The van der Waals surface area contributed by atoms with E-state index in [9.17, 15) is 0 Å². The summed E-state index contributed by atoms with van der Waals surface area (Å²) in [7, 11) is 0. The molecule has 0 aromatic carbocycles. The molecule has 18 heavy (non-hydrogen) atoms. The largest absolute Gasteiger partial charge is 0.337 e. The fraction of sp³-hybridized carbons (Fsp3) is 0.500. The Bertz CT molecular complexity index is 532. The molecule has 0 bridgehead atoms. The number of nitrogens with one attached hydrogen (secondary N) is 2. The fourth-order valence-electron chi connectivity index (χ4n) is 2.18. The predicted molar refractivity (Wildman–Crippen MR) is 74.1 cm³/mol. The van der Waals surface area contributed by atoms with Gasteiger partial charge in [0.1, 0.15) is 0 Å². The van der Waals surface area contributed by atoms with Crippen LogP contribution >= 0.6 is 11.3 Å². The number of rotatable bonds is 2. The van der Waals surface area contributed by atoms with Crippen LogP contribution in [-0.4, -0.2) is 40.9 Å². The standard InChI is InChI=1S/C12H17N5S/c1-8-7-17(6-5-13-8)12-14-11(15-16-12)10-4-3-9(2)18-10/h3-4,8,13H,5-7H2,1-2H3,(H,14,15,16)/t8-/m0/s1. The lowest BCUT2D eigenvalue weighted by Gasteiger charge is -2.30. The minimum atomic E-state index is 0.490. The van der Waals surface area contributed by atoms with Crippen LogP contribution in [0.15, 0.2) is 12.1 Å². The van der Waals surface area contributed by atoms with Gasteiger partial charge >= 0.3 is 0 Å². The van der Waals surface area contributed by atoms with Crippen molar-refractivity contribution in [2.75, 3.05) is 24.5 Å². The molecule has 1 fully saturated rings. The zero-order chi connectivity index (χ0) is 12.5. The fourth-order valence-corrected chi connectivity index (χ4v) is 2.99. The van der Waals surface area contributed by atoms with E-state index in [1.54, 1.807) is 11.3 Å². The quantitative estimate of drug-likeness (QED) is 0.865. The second-order valence-electron chi connectivity index (χ2n) is 4.70. The summed E-state index contributed by atoms with van der Waals surface area (Å²) in [5, 5.41) is 10.8. The normalized spacial score (nSPS) is 20.3. The average Bonchev–Trinajstić information content (AvgIpc) is 2.97. The van der Waals surface area contributed by atoms with Gasteiger partial charge in [0, 0.05) is 30.6 Å². The molecule has 2 N–H and O–H groups in total. The first kappa shape index (κ1) is 11.7. The Balaban J connectivity index is 1.80. The number of H-pyrrole nitrogens is 1. The van der Waals surface area contributed by atoms with Crippen molar-refractivity contribution in [3.05, 3.63) is 17.0 Å². The van der Waals surface area contributed by atoms with Gasteiger partial charge in [-0.15, -0.1) is 16.4 Å². The number of hydrogen-bond donors (Lipinski definition) is 2. The van der Waals surface area contributed by atoms with Gasteiger partial charge in [0.15, 0.2) is 5.82 Å². The van der Waals surface area contributed by atoms with Crippen molar-refractivity contribution >= 4 is 17.3 Å². The maximum Gasteiger partial charge on any atom is 0.245 e. The molecular weight excluding hydrogens is 246 g/mol. The van der Waals surface area contributed by atoms with Crippen LogP contribution in [0.1, 0.15) is 11.8 Å². The van der Waals surface area contributed by atoms with Gasteiger partial charge in [-0.2, -0.15) is 4.98 Å². The SMILES string of the molecule is Cc1ccc(-c2nc(N3CCN[C@@H](C)C3)n[nH]2)s1. The number of aromatic nitrogens is 3. The van der Waals surface area contributed by atoms with Crippen molar-refractivity contribution in [3.8, 4) is 10.7 Å². The van der Waals surface area contributed by atoms with Crippen LogP contribution in [0.4, 0.5) is 5.95 Å². The van der Waals surface area contributed by atoms with Crippen molar-refractivity contribution in [2.45, 2.75) is 19.9 Å². The highest BCUT2D eigenvalue weighted by Crippen LogP contribution is 2.25. The van der Waals surface area contributed by atoms with Gasteiger partial charge in [0.05, 0.1) is 4.88 Å². The van der Waals surface area contributed by atoms with E-state index >= 15 is 0 Å². The molecule has 2 aromatic rings. The Hall–Kier alpha value is -1.40. The number of anilines is 1. The number of hydrogen-bond acceptors (Lipinski definition) is 5. The minimum absolute atomic E-state index is 0.490. The van der Waals surface area contributed by atoms with Gasteiger partial charge in [-0.1, -0.05) is 0 Å². The highest BCUT2D eigenvalue weighted by Gasteiger charge is 2.19. The molecule has 1 aliphatic heterocycles. The van der Waals surface area contributed by atoms with E-state index in [2.05, 4.69) is 51.4 Å². The molecule has 0 saturated carbocycles. The smallest absolute Gasteiger partial charge is 0.245 e. The van der Waals surface area contributed by atoms with Crippen molar-refractivity contribution in [2.24, 2.45) is 0 Å². The maximum atomic E-state index is 4.59. The summed E-state index contributed by atoms with van der Waals surface area (Å²) >= 11 is 1.74. The minimum Gasteiger partial charge on any atom is -0.337 e.